The zero-order valence-electron chi connectivity index (χ0n) is 13.2. The lowest BCUT2D eigenvalue weighted by atomic mass is 9.98. The molecule has 4 nitrogen and oxygen atoms in total. The van der Waals surface area contributed by atoms with Crippen LogP contribution in [0.5, 0.6) is 5.75 Å². The highest BCUT2D eigenvalue weighted by Gasteiger charge is 2.25. The van der Waals surface area contributed by atoms with Gasteiger partial charge in [-0.1, -0.05) is 29.8 Å². The molecule has 0 aliphatic heterocycles. The van der Waals surface area contributed by atoms with Crippen molar-refractivity contribution in [2.24, 2.45) is 0 Å². The summed E-state index contributed by atoms with van der Waals surface area (Å²) in [6, 6.07) is 10.8. The van der Waals surface area contributed by atoms with Crippen LogP contribution in [0.15, 0.2) is 36.4 Å². The first kappa shape index (κ1) is 16.9. The van der Waals surface area contributed by atoms with E-state index >= 15 is 0 Å². The Morgan fingerprint density at radius 3 is 2.61 bits per heavy atom. The van der Waals surface area contributed by atoms with Gasteiger partial charge in [0.15, 0.2) is 6.19 Å². The molecular weight excluding hydrogens is 312 g/mol. The van der Waals surface area contributed by atoms with E-state index in [1.807, 2.05) is 39.0 Å². The van der Waals surface area contributed by atoms with Crippen LogP contribution < -0.4 is 10.1 Å². The zero-order chi connectivity index (χ0) is 17.0. The van der Waals surface area contributed by atoms with Crippen molar-refractivity contribution in [1.82, 2.24) is 5.32 Å². The van der Waals surface area contributed by atoms with Crippen molar-refractivity contribution < 1.29 is 9.53 Å². The molecule has 0 aliphatic rings. The van der Waals surface area contributed by atoms with Gasteiger partial charge in [-0.25, -0.2) is 0 Å². The predicted molar refractivity (Wildman–Crippen MR) is 89.2 cm³/mol. The van der Waals surface area contributed by atoms with E-state index < -0.39 is 12.0 Å². The summed E-state index contributed by atoms with van der Waals surface area (Å²) >= 11 is 5.95. The number of nitriles is 1. The Morgan fingerprint density at radius 2 is 1.96 bits per heavy atom. The molecule has 5 heteroatoms. The van der Waals surface area contributed by atoms with Gasteiger partial charge in [-0.2, -0.15) is 5.26 Å². The standard InChI is InChI=1S/C18H17ClN2O2/c1-11-5-4-6-15(13(11)3)17(18(22)21-10-20)23-16-8-7-14(19)9-12(16)2/h4-9,17H,1-3H3,(H,21,22). The second kappa shape index (κ2) is 7.17. The van der Waals surface area contributed by atoms with E-state index in [1.54, 1.807) is 24.4 Å². The summed E-state index contributed by atoms with van der Waals surface area (Å²) in [4.78, 5) is 12.3. The van der Waals surface area contributed by atoms with Crippen LogP contribution in [-0.4, -0.2) is 5.91 Å². The lowest BCUT2D eigenvalue weighted by Gasteiger charge is -2.21. The van der Waals surface area contributed by atoms with Gasteiger partial charge < -0.3 is 4.74 Å². The normalized spacial score (nSPS) is 11.4. The van der Waals surface area contributed by atoms with Crippen LogP contribution in [-0.2, 0) is 4.79 Å². The fourth-order valence-corrected chi connectivity index (χ4v) is 2.54. The Kier molecular flexibility index (Phi) is 5.25. The largest absolute Gasteiger partial charge is 0.475 e. The minimum absolute atomic E-state index is 0.504. The number of ether oxygens (including phenoxy) is 1. The molecule has 2 aromatic rings. The molecule has 0 bridgehead atoms. The SMILES string of the molecule is Cc1cc(Cl)ccc1OC(C(=O)NC#N)c1cccc(C)c1C. The maximum Gasteiger partial charge on any atom is 0.278 e. The number of aryl methyl sites for hydroxylation is 2. The number of amides is 1. The molecule has 0 fully saturated rings. The van der Waals surface area contributed by atoms with Crippen molar-refractivity contribution in [2.75, 3.05) is 0 Å². The Hall–Kier alpha value is -2.51. The lowest BCUT2D eigenvalue weighted by molar-refractivity contribution is -0.127. The van der Waals surface area contributed by atoms with E-state index in [0.29, 0.717) is 10.8 Å². The van der Waals surface area contributed by atoms with E-state index in [0.717, 1.165) is 22.3 Å². The first-order valence-corrected chi connectivity index (χ1v) is 7.49. The monoisotopic (exact) mass is 328 g/mol. The summed E-state index contributed by atoms with van der Waals surface area (Å²) in [5.41, 5.74) is 3.55. The molecule has 0 radical (unpaired) electrons. The molecule has 1 atom stereocenters. The molecular formula is C18H17ClN2O2. The van der Waals surface area contributed by atoms with Crippen molar-refractivity contribution in [3.8, 4) is 11.9 Å². The first-order chi connectivity index (χ1) is 10.9. The Bertz CT molecular complexity index is 781. The van der Waals surface area contributed by atoms with Crippen LogP contribution in [0.25, 0.3) is 0 Å². The first-order valence-electron chi connectivity index (χ1n) is 7.12. The molecule has 1 amide bonds. The van der Waals surface area contributed by atoms with Crippen molar-refractivity contribution in [1.29, 1.82) is 5.26 Å². The van der Waals surface area contributed by atoms with Crippen molar-refractivity contribution in [2.45, 2.75) is 26.9 Å². The van der Waals surface area contributed by atoms with E-state index in [-0.39, 0.29) is 0 Å². The molecule has 0 heterocycles. The number of rotatable bonds is 4. The fraction of sp³-hybridized carbons (Fsp3) is 0.222. The molecule has 0 saturated heterocycles. The van der Waals surface area contributed by atoms with E-state index in [4.69, 9.17) is 21.6 Å². The van der Waals surface area contributed by atoms with Crippen LogP contribution in [0.3, 0.4) is 0 Å². The third-order valence-electron chi connectivity index (χ3n) is 3.73. The number of carbonyl (C=O) groups is 1. The van der Waals surface area contributed by atoms with Crippen molar-refractivity contribution in [3.63, 3.8) is 0 Å². The quantitative estimate of drug-likeness (QED) is 0.682. The van der Waals surface area contributed by atoms with Crippen molar-refractivity contribution in [3.05, 3.63) is 63.7 Å². The molecule has 118 valence electrons. The second-order valence-corrected chi connectivity index (χ2v) is 5.73. The van der Waals surface area contributed by atoms with Crippen LogP contribution >= 0.6 is 11.6 Å². The lowest BCUT2D eigenvalue weighted by Crippen LogP contribution is -2.30. The highest BCUT2D eigenvalue weighted by atomic mass is 35.5. The molecule has 0 aliphatic carbocycles. The molecule has 2 rings (SSSR count). The number of benzene rings is 2. The van der Waals surface area contributed by atoms with Gasteiger partial charge in [0, 0.05) is 10.6 Å². The summed E-state index contributed by atoms with van der Waals surface area (Å²) in [7, 11) is 0. The van der Waals surface area contributed by atoms with Crippen molar-refractivity contribution >= 4 is 17.5 Å². The third kappa shape index (κ3) is 3.82. The predicted octanol–water partition coefficient (Wildman–Crippen LogP) is 3.98. The fourth-order valence-electron chi connectivity index (χ4n) is 2.31. The van der Waals surface area contributed by atoms with Crippen LogP contribution in [0, 0.1) is 32.2 Å². The average Bonchev–Trinajstić information content (AvgIpc) is 2.50. The topological polar surface area (TPSA) is 62.1 Å². The van der Waals surface area contributed by atoms with Gasteiger partial charge in [0.1, 0.15) is 5.75 Å². The number of carbonyl (C=O) groups excluding carboxylic acids is 1. The number of nitrogens with one attached hydrogen (secondary N) is 1. The highest BCUT2D eigenvalue weighted by molar-refractivity contribution is 6.30. The minimum atomic E-state index is -0.908. The molecule has 0 spiro atoms. The number of halogens is 1. The van der Waals surface area contributed by atoms with Crippen LogP contribution in [0.2, 0.25) is 5.02 Å². The Labute approximate surface area is 140 Å². The number of hydrogen-bond acceptors (Lipinski definition) is 3. The Balaban J connectivity index is 2.44. The van der Waals surface area contributed by atoms with Gasteiger partial charge >= 0.3 is 0 Å². The highest BCUT2D eigenvalue weighted by Crippen LogP contribution is 2.29. The van der Waals surface area contributed by atoms with Gasteiger partial charge in [0.25, 0.3) is 5.91 Å². The second-order valence-electron chi connectivity index (χ2n) is 5.30. The van der Waals surface area contributed by atoms with Crippen LogP contribution in [0.4, 0.5) is 0 Å². The molecule has 0 saturated carbocycles. The van der Waals surface area contributed by atoms with Gasteiger partial charge in [-0.05, 0) is 55.7 Å². The summed E-state index contributed by atoms with van der Waals surface area (Å²) in [5, 5.41) is 11.5. The van der Waals surface area contributed by atoms with E-state index in [9.17, 15) is 4.79 Å². The number of hydrogen-bond donors (Lipinski definition) is 1. The smallest absolute Gasteiger partial charge is 0.278 e. The molecule has 2 aromatic carbocycles. The summed E-state index contributed by atoms with van der Waals surface area (Å²) < 4.78 is 5.91. The van der Waals surface area contributed by atoms with E-state index in [1.165, 1.54) is 0 Å². The van der Waals surface area contributed by atoms with Gasteiger partial charge in [-0.3, -0.25) is 10.1 Å². The zero-order valence-corrected chi connectivity index (χ0v) is 13.9. The molecule has 23 heavy (non-hydrogen) atoms. The third-order valence-corrected chi connectivity index (χ3v) is 3.96. The minimum Gasteiger partial charge on any atom is -0.475 e. The van der Waals surface area contributed by atoms with E-state index in [2.05, 4.69) is 5.32 Å². The molecule has 1 N–H and O–H groups in total. The maximum absolute atomic E-state index is 12.3. The summed E-state index contributed by atoms with van der Waals surface area (Å²) in [6.07, 6.45) is 0.753. The summed E-state index contributed by atoms with van der Waals surface area (Å²) in [5.74, 6) is 0.0453. The van der Waals surface area contributed by atoms with Gasteiger partial charge in [0.05, 0.1) is 0 Å². The Morgan fingerprint density at radius 1 is 1.22 bits per heavy atom. The van der Waals surface area contributed by atoms with Gasteiger partial charge in [-0.15, -0.1) is 0 Å². The molecule has 0 aromatic heterocycles. The number of nitrogens with zero attached hydrogens (tertiary/aromatic N) is 1. The summed E-state index contributed by atoms with van der Waals surface area (Å²) in [6.45, 7) is 5.74. The van der Waals surface area contributed by atoms with Gasteiger partial charge in [0.2, 0.25) is 6.10 Å². The average molecular weight is 329 g/mol. The molecule has 1 unspecified atom stereocenters. The maximum atomic E-state index is 12.3. The van der Waals surface area contributed by atoms with Crippen LogP contribution in [0.1, 0.15) is 28.4 Å².